The average Bonchev–Trinajstić information content (AvgIpc) is 2.62. The Bertz CT molecular complexity index is 319. The van der Waals surface area contributed by atoms with Crippen LogP contribution in [-0.4, -0.2) is 22.3 Å². The van der Waals surface area contributed by atoms with Gasteiger partial charge in [0.15, 0.2) is 0 Å². The second-order valence-electron chi connectivity index (χ2n) is 3.50. The molecule has 0 amide bonds. The molecule has 0 saturated heterocycles. The molecule has 1 unspecified atom stereocenters. The molecule has 0 aromatic carbocycles. The molecule has 92 valence electrons. The monoisotopic (exact) mass is 235 g/mol. The normalized spacial score (nSPS) is 14.1. The first kappa shape index (κ1) is 13.0. The van der Waals surface area contributed by atoms with Gasteiger partial charge in [-0.05, 0) is 13.5 Å². The Kier molecular flexibility index (Phi) is 4.35. The number of halogens is 3. The Balaban J connectivity index is 2.84. The highest BCUT2D eigenvalue weighted by Crippen LogP contribution is 2.28. The van der Waals surface area contributed by atoms with E-state index in [4.69, 9.17) is 0 Å². The maximum absolute atomic E-state index is 12.4. The summed E-state index contributed by atoms with van der Waals surface area (Å²) in [5.41, 5.74) is 0. The van der Waals surface area contributed by atoms with Crippen molar-refractivity contribution in [1.29, 1.82) is 0 Å². The van der Waals surface area contributed by atoms with Gasteiger partial charge in [0.05, 0.1) is 12.5 Å². The third-order valence-electron chi connectivity index (χ3n) is 2.29. The van der Waals surface area contributed by atoms with E-state index in [2.05, 4.69) is 10.3 Å². The van der Waals surface area contributed by atoms with Gasteiger partial charge in [0.2, 0.25) is 0 Å². The van der Waals surface area contributed by atoms with Crippen molar-refractivity contribution in [3.63, 3.8) is 0 Å². The summed E-state index contributed by atoms with van der Waals surface area (Å²) in [6.07, 6.45) is -1.86. The molecule has 1 aromatic heterocycles. The van der Waals surface area contributed by atoms with Gasteiger partial charge in [0, 0.05) is 18.9 Å². The summed E-state index contributed by atoms with van der Waals surface area (Å²) >= 11 is 0. The van der Waals surface area contributed by atoms with Gasteiger partial charge in [-0.25, -0.2) is 4.98 Å². The quantitative estimate of drug-likeness (QED) is 0.849. The van der Waals surface area contributed by atoms with Crippen LogP contribution in [0.5, 0.6) is 0 Å². The van der Waals surface area contributed by atoms with E-state index in [0.29, 0.717) is 18.9 Å². The molecule has 6 heteroatoms. The van der Waals surface area contributed by atoms with E-state index in [1.807, 2.05) is 6.92 Å². The van der Waals surface area contributed by atoms with Crippen LogP contribution < -0.4 is 5.32 Å². The molecule has 0 fully saturated rings. The summed E-state index contributed by atoms with van der Waals surface area (Å²) in [5.74, 6) is 0.446. The predicted molar refractivity (Wildman–Crippen MR) is 55.0 cm³/mol. The molecule has 1 atom stereocenters. The Hall–Kier alpha value is -1.04. The van der Waals surface area contributed by atoms with Crippen LogP contribution in [0.3, 0.4) is 0 Å². The van der Waals surface area contributed by atoms with Crippen LogP contribution in [0, 0.1) is 0 Å². The molecule has 0 aliphatic rings. The number of nitrogens with one attached hydrogen (secondary N) is 1. The maximum Gasteiger partial charge on any atom is 0.391 e. The number of imidazole rings is 1. The first-order chi connectivity index (χ1) is 7.48. The molecule has 0 spiro atoms. The molecule has 3 nitrogen and oxygen atoms in total. The Morgan fingerprint density at radius 2 is 2.12 bits per heavy atom. The third kappa shape index (κ3) is 3.52. The number of nitrogens with zero attached hydrogens (tertiary/aromatic N) is 2. The molecule has 1 heterocycles. The molecule has 16 heavy (non-hydrogen) atoms. The van der Waals surface area contributed by atoms with E-state index in [1.54, 1.807) is 17.7 Å². The lowest BCUT2D eigenvalue weighted by molar-refractivity contribution is -0.141. The van der Waals surface area contributed by atoms with Crippen LogP contribution in [0.1, 0.15) is 32.1 Å². The highest BCUT2D eigenvalue weighted by molar-refractivity contribution is 5.00. The molecule has 0 saturated carbocycles. The van der Waals surface area contributed by atoms with E-state index >= 15 is 0 Å². The fraction of sp³-hybridized carbons (Fsp3) is 0.700. The smallest absolute Gasteiger partial charge is 0.334 e. The van der Waals surface area contributed by atoms with Gasteiger partial charge in [0.25, 0.3) is 0 Å². The van der Waals surface area contributed by atoms with Gasteiger partial charge in [-0.3, -0.25) is 0 Å². The van der Waals surface area contributed by atoms with Gasteiger partial charge < -0.3 is 9.88 Å². The van der Waals surface area contributed by atoms with Crippen LogP contribution in [0.4, 0.5) is 13.2 Å². The molecule has 1 rings (SSSR count). The lowest BCUT2D eigenvalue weighted by Crippen LogP contribution is -2.29. The highest BCUT2D eigenvalue weighted by Gasteiger charge is 2.33. The second kappa shape index (κ2) is 5.34. The lowest BCUT2D eigenvalue weighted by Gasteiger charge is -2.19. The van der Waals surface area contributed by atoms with Crippen molar-refractivity contribution in [1.82, 2.24) is 14.9 Å². The van der Waals surface area contributed by atoms with Crippen molar-refractivity contribution in [2.24, 2.45) is 0 Å². The summed E-state index contributed by atoms with van der Waals surface area (Å²) < 4.78 is 38.9. The Morgan fingerprint density at radius 3 is 2.62 bits per heavy atom. The van der Waals surface area contributed by atoms with Crippen molar-refractivity contribution < 1.29 is 13.2 Å². The van der Waals surface area contributed by atoms with Crippen LogP contribution in [-0.2, 0) is 6.54 Å². The van der Waals surface area contributed by atoms with Gasteiger partial charge in [-0.15, -0.1) is 0 Å². The van der Waals surface area contributed by atoms with Gasteiger partial charge in [0.1, 0.15) is 5.82 Å². The zero-order valence-corrected chi connectivity index (χ0v) is 9.38. The topological polar surface area (TPSA) is 29.9 Å². The lowest BCUT2D eigenvalue weighted by atomic mass is 10.2. The van der Waals surface area contributed by atoms with E-state index in [0.717, 1.165) is 0 Å². The largest absolute Gasteiger partial charge is 0.391 e. The van der Waals surface area contributed by atoms with Crippen molar-refractivity contribution in [2.45, 2.75) is 39.0 Å². The van der Waals surface area contributed by atoms with E-state index in [9.17, 15) is 13.2 Å². The summed E-state index contributed by atoms with van der Waals surface area (Å²) in [4.78, 5) is 3.99. The minimum atomic E-state index is -4.18. The molecule has 0 aliphatic carbocycles. The van der Waals surface area contributed by atoms with Crippen molar-refractivity contribution in [3.8, 4) is 0 Å². The fourth-order valence-electron chi connectivity index (χ4n) is 1.63. The summed E-state index contributed by atoms with van der Waals surface area (Å²) in [6, 6.07) is -0.764. The van der Waals surface area contributed by atoms with Crippen LogP contribution >= 0.6 is 0 Å². The molecule has 0 radical (unpaired) electrons. The van der Waals surface area contributed by atoms with E-state index in [1.165, 1.54) is 6.20 Å². The van der Waals surface area contributed by atoms with Gasteiger partial charge in [-0.1, -0.05) is 6.92 Å². The maximum atomic E-state index is 12.4. The molecular formula is C10H16F3N3. The Morgan fingerprint density at radius 1 is 1.44 bits per heavy atom. The number of hydrogen-bond acceptors (Lipinski definition) is 2. The van der Waals surface area contributed by atoms with Crippen molar-refractivity contribution in [3.05, 3.63) is 18.2 Å². The first-order valence-corrected chi connectivity index (χ1v) is 5.29. The molecular weight excluding hydrogens is 219 g/mol. The average molecular weight is 235 g/mol. The number of rotatable bonds is 5. The second-order valence-corrected chi connectivity index (χ2v) is 3.50. The highest BCUT2D eigenvalue weighted by atomic mass is 19.4. The predicted octanol–water partition coefficient (Wildman–Crippen LogP) is 2.51. The van der Waals surface area contributed by atoms with Gasteiger partial charge >= 0.3 is 6.18 Å². The van der Waals surface area contributed by atoms with E-state index < -0.39 is 18.6 Å². The number of hydrogen-bond donors (Lipinski definition) is 1. The van der Waals surface area contributed by atoms with Crippen molar-refractivity contribution >= 4 is 0 Å². The molecule has 1 aromatic rings. The standard InChI is InChI=1S/C10H16F3N3/c1-3-14-8(7-10(11,12)13)9-15-5-6-16(9)4-2/h5-6,8,14H,3-4,7H2,1-2H3. The molecule has 0 aliphatic heterocycles. The van der Waals surface area contributed by atoms with Crippen LogP contribution in [0.25, 0.3) is 0 Å². The molecule has 1 N–H and O–H groups in total. The van der Waals surface area contributed by atoms with E-state index in [-0.39, 0.29) is 0 Å². The van der Waals surface area contributed by atoms with Crippen LogP contribution in [0.2, 0.25) is 0 Å². The zero-order valence-electron chi connectivity index (χ0n) is 9.38. The Labute approximate surface area is 92.7 Å². The number of aryl methyl sites for hydroxylation is 1. The number of alkyl halides is 3. The molecule has 0 bridgehead atoms. The third-order valence-corrected chi connectivity index (χ3v) is 2.29. The minimum Gasteiger partial charge on any atom is -0.334 e. The SMILES string of the molecule is CCNC(CC(F)(F)F)c1nccn1CC. The zero-order chi connectivity index (χ0) is 12.2. The van der Waals surface area contributed by atoms with Gasteiger partial charge in [-0.2, -0.15) is 13.2 Å². The minimum absolute atomic E-state index is 0.446. The summed E-state index contributed by atoms with van der Waals surface area (Å²) in [6.45, 7) is 4.76. The summed E-state index contributed by atoms with van der Waals surface area (Å²) in [5, 5.41) is 2.81. The fourth-order valence-corrected chi connectivity index (χ4v) is 1.63. The van der Waals surface area contributed by atoms with Crippen molar-refractivity contribution in [2.75, 3.05) is 6.54 Å². The van der Waals surface area contributed by atoms with Crippen LogP contribution in [0.15, 0.2) is 12.4 Å². The first-order valence-electron chi connectivity index (χ1n) is 5.29. The summed E-state index contributed by atoms with van der Waals surface area (Å²) in [7, 11) is 0. The number of aromatic nitrogens is 2.